The first-order chi connectivity index (χ1) is 8.76. The Morgan fingerprint density at radius 3 is 2.89 bits per heavy atom. The van der Waals surface area contributed by atoms with Gasteiger partial charge >= 0.3 is 0 Å². The quantitative estimate of drug-likeness (QED) is 0.844. The maximum Gasteiger partial charge on any atom is 0.0759 e. The summed E-state index contributed by atoms with van der Waals surface area (Å²) in [5.41, 5.74) is 1.28. The molecule has 0 bridgehead atoms. The van der Waals surface area contributed by atoms with Crippen molar-refractivity contribution < 1.29 is 0 Å². The zero-order valence-electron chi connectivity index (χ0n) is 11.9. The van der Waals surface area contributed by atoms with Gasteiger partial charge in [0.05, 0.1) is 17.9 Å². The van der Waals surface area contributed by atoms with E-state index in [4.69, 9.17) is 0 Å². The van der Waals surface area contributed by atoms with Crippen molar-refractivity contribution in [2.45, 2.75) is 59.0 Å². The van der Waals surface area contributed by atoms with Gasteiger partial charge in [-0.05, 0) is 37.6 Å². The van der Waals surface area contributed by atoms with Crippen LogP contribution in [0.3, 0.4) is 0 Å². The fourth-order valence-corrected chi connectivity index (χ4v) is 3.18. The van der Waals surface area contributed by atoms with Gasteiger partial charge in [-0.2, -0.15) is 0 Å². The summed E-state index contributed by atoms with van der Waals surface area (Å²) in [6.07, 6.45) is 7.08. The van der Waals surface area contributed by atoms with Crippen LogP contribution in [0.4, 0.5) is 0 Å². The van der Waals surface area contributed by atoms with E-state index in [1.54, 1.807) is 0 Å². The molecule has 0 spiro atoms. The molecule has 4 heteroatoms. The number of rotatable bonds is 6. The van der Waals surface area contributed by atoms with E-state index < -0.39 is 0 Å². The largest absolute Gasteiger partial charge is 0.309 e. The zero-order chi connectivity index (χ0) is 13.0. The van der Waals surface area contributed by atoms with Crippen LogP contribution in [0.1, 0.15) is 58.2 Å². The Labute approximate surface area is 110 Å². The molecule has 0 saturated heterocycles. The van der Waals surface area contributed by atoms with Crippen molar-refractivity contribution in [3.8, 4) is 0 Å². The third-order valence-corrected chi connectivity index (χ3v) is 4.03. The predicted octanol–water partition coefficient (Wildman–Crippen LogP) is 2.77. The van der Waals surface area contributed by atoms with Gasteiger partial charge in [-0.15, -0.1) is 5.10 Å². The molecule has 102 valence electrons. The Hall–Kier alpha value is -0.900. The van der Waals surface area contributed by atoms with Crippen LogP contribution >= 0.6 is 0 Å². The molecule has 0 aromatic carbocycles. The van der Waals surface area contributed by atoms with Gasteiger partial charge in [-0.3, -0.25) is 0 Å². The van der Waals surface area contributed by atoms with E-state index in [2.05, 4.69) is 41.1 Å². The minimum atomic E-state index is 0.432. The van der Waals surface area contributed by atoms with Crippen molar-refractivity contribution in [2.75, 3.05) is 6.54 Å². The number of nitrogens with one attached hydrogen (secondary N) is 1. The molecule has 1 aromatic rings. The van der Waals surface area contributed by atoms with Crippen molar-refractivity contribution in [1.82, 2.24) is 20.3 Å². The first-order valence-electron chi connectivity index (χ1n) is 7.38. The third kappa shape index (κ3) is 2.91. The van der Waals surface area contributed by atoms with Gasteiger partial charge in [0.1, 0.15) is 0 Å². The van der Waals surface area contributed by atoms with Crippen molar-refractivity contribution in [3.05, 3.63) is 11.9 Å². The average molecular weight is 250 g/mol. The Bertz CT molecular complexity index is 360. The SMILES string of the molecule is CCCn1nncc1C(NCC)C1CCC(C)C1. The number of aryl methyl sites for hydroxylation is 1. The van der Waals surface area contributed by atoms with Gasteiger partial charge in [0, 0.05) is 6.54 Å². The molecule has 3 unspecified atom stereocenters. The second-order valence-electron chi connectivity index (χ2n) is 5.60. The minimum Gasteiger partial charge on any atom is -0.309 e. The van der Waals surface area contributed by atoms with E-state index in [9.17, 15) is 0 Å². The molecule has 1 aromatic heterocycles. The molecular weight excluding hydrogens is 224 g/mol. The molecule has 4 nitrogen and oxygen atoms in total. The third-order valence-electron chi connectivity index (χ3n) is 4.03. The molecule has 1 fully saturated rings. The molecule has 3 atom stereocenters. The van der Waals surface area contributed by atoms with E-state index in [-0.39, 0.29) is 0 Å². The van der Waals surface area contributed by atoms with Crippen LogP contribution in [0.15, 0.2) is 6.20 Å². The summed E-state index contributed by atoms with van der Waals surface area (Å²) in [6, 6.07) is 0.432. The van der Waals surface area contributed by atoms with E-state index in [0.717, 1.165) is 31.3 Å². The zero-order valence-corrected chi connectivity index (χ0v) is 11.9. The first kappa shape index (κ1) is 13.5. The molecule has 0 aliphatic heterocycles. The summed E-state index contributed by atoms with van der Waals surface area (Å²) in [5.74, 6) is 1.61. The van der Waals surface area contributed by atoms with Gasteiger partial charge in [-0.25, -0.2) is 4.68 Å². The highest BCUT2D eigenvalue weighted by Crippen LogP contribution is 2.38. The lowest BCUT2D eigenvalue weighted by atomic mass is 9.94. The highest BCUT2D eigenvalue weighted by Gasteiger charge is 2.31. The average Bonchev–Trinajstić information content (AvgIpc) is 2.96. The number of aromatic nitrogens is 3. The van der Waals surface area contributed by atoms with Crippen LogP contribution in [-0.2, 0) is 6.54 Å². The van der Waals surface area contributed by atoms with Gasteiger partial charge < -0.3 is 5.32 Å². The van der Waals surface area contributed by atoms with E-state index in [1.807, 2.05) is 6.20 Å². The molecule has 0 radical (unpaired) electrons. The molecule has 1 aliphatic rings. The number of nitrogens with zero attached hydrogens (tertiary/aromatic N) is 3. The second-order valence-corrected chi connectivity index (χ2v) is 5.60. The molecule has 1 N–H and O–H groups in total. The number of hydrogen-bond donors (Lipinski definition) is 1. The summed E-state index contributed by atoms with van der Waals surface area (Å²) < 4.78 is 2.08. The summed E-state index contributed by atoms with van der Waals surface area (Å²) in [5, 5.41) is 12.0. The second kappa shape index (κ2) is 6.32. The van der Waals surface area contributed by atoms with Crippen LogP contribution in [0.2, 0.25) is 0 Å². The lowest BCUT2D eigenvalue weighted by Gasteiger charge is -2.24. The monoisotopic (exact) mass is 250 g/mol. The Kier molecular flexibility index (Phi) is 4.75. The number of hydrogen-bond acceptors (Lipinski definition) is 3. The van der Waals surface area contributed by atoms with Crippen molar-refractivity contribution in [3.63, 3.8) is 0 Å². The molecule has 1 heterocycles. The lowest BCUT2D eigenvalue weighted by Crippen LogP contribution is -2.29. The summed E-state index contributed by atoms with van der Waals surface area (Å²) >= 11 is 0. The van der Waals surface area contributed by atoms with Crippen molar-refractivity contribution in [2.24, 2.45) is 11.8 Å². The smallest absolute Gasteiger partial charge is 0.0759 e. The highest BCUT2D eigenvalue weighted by atomic mass is 15.4. The lowest BCUT2D eigenvalue weighted by molar-refractivity contribution is 0.342. The topological polar surface area (TPSA) is 42.7 Å². The predicted molar refractivity (Wildman–Crippen MR) is 73.2 cm³/mol. The van der Waals surface area contributed by atoms with Gasteiger partial charge in [0.15, 0.2) is 0 Å². The molecule has 1 aliphatic carbocycles. The van der Waals surface area contributed by atoms with Crippen LogP contribution in [0.5, 0.6) is 0 Å². The fourth-order valence-electron chi connectivity index (χ4n) is 3.18. The molecule has 1 saturated carbocycles. The molecule has 0 amide bonds. The van der Waals surface area contributed by atoms with Crippen LogP contribution in [0, 0.1) is 11.8 Å². The van der Waals surface area contributed by atoms with E-state index in [1.165, 1.54) is 25.0 Å². The highest BCUT2D eigenvalue weighted by molar-refractivity contribution is 5.05. The maximum atomic E-state index is 4.23. The van der Waals surface area contributed by atoms with Gasteiger partial charge in [0.2, 0.25) is 0 Å². The van der Waals surface area contributed by atoms with E-state index in [0.29, 0.717) is 6.04 Å². The Morgan fingerprint density at radius 1 is 1.44 bits per heavy atom. The molecular formula is C14H26N4. The van der Waals surface area contributed by atoms with Crippen molar-refractivity contribution in [1.29, 1.82) is 0 Å². The summed E-state index contributed by atoms with van der Waals surface area (Å²) in [7, 11) is 0. The fraction of sp³-hybridized carbons (Fsp3) is 0.857. The first-order valence-corrected chi connectivity index (χ1v) is 7.38. The summed E-state index contributed by atoms with van der Waals surface area (Å²) in [4.78, 5) is 0. The summed E-state index contributed by atoms with van der Waals surface area (Å²) in [6.45, 7) is 8.71. The standard InChI is InChI=1S/C14H26N4/c1-4-8-18-13(10-16-17-18)14(15-5-2)12-7-6-11(3)9-12/h10-12,14-15H,4-9H2,1-3H3. The van der Waals surface area contributed by atoms with Gasteiger partial charge in [-0.1, -0.05) is 32.4 Å². The molecule has 18 heavy (non-hydrogen) atoms. The van der Waals surface area contributed by atoms with Crippen molar-refractivity contribution >= 4 is 0 Å². The van der Waals surface area contributed by atoms with Gasteiger partial charge in [0.25, 0.3) is 0 Å². The Balaban J connectivity index is 2.15. The van der Waals surface area contributed by atoms with Crippen LogP contribution < -0.4 is 5.32 Å². The van der Waals surface area contributed by atoms with Crippen LogP contribution in [0.25, 0.3) is 0 Å². The minimum absolute atomic E-state index is 0.432. The normalized spacial score (nSPS) is 25.5. The molecule has 2 rings (SSSR count). The van der Waals surface area contributed by atoms with E-state index >= 15 is 0 Å². The maximum absolute atomic E-state index is 4.23. The Morgan fingerprint density at radius 2 is 2.28 bits per heavy atom. The van der Waals surface area contributed by atoms with Crippen LogP contribution in [-0.4, -0.2) is 21.5 Å².